The van der Waals surface area contributed by atoms with Crippen molar-refractivity contribution < 1.29 is 19.3 Å². The third kappa shape index (κ3) is 6.74. The number of esters is 1. The molecule has 0 aliphatic carbocycles. The molecule has 0 heterocycles. The van der Waals surface area contributed by atoms with Crippen LogP contribution in [0.15, 0.2) is 30.3 Å². The maximum absolute atomic E-state index is 11.6. The van der Waals surface area contributed by atoms with E-state index in [0.717, 1.165) is 24.8 Å². The highest BCUT2D eigenvalue weighted by molar-refractivity contribution is 5.69. The summed E-state index contributed by atoms with van der Waals surface area (Å²) in [5, 5.41) is 0. The van der Waals surface area contributed by atoms with Crippen molar-refractivity contribution in [2.45, 2.75) is 65.3 Å². The molecule has 0 aliphatic heterocycles. The van der Waals surface area contributed by atoms with Gasteiger partial charge in [0.1, 0.15) is 5.60 Å². The lowest BCUT2D eigenvalue weighted by Gasteiger charge is -2.25. The minimum Gasteiger partial charge on any atom is -0.433 e. The van der Waals surface area contributed by atoms with Gasteiger partial charge in [-0.05, 0) is 25.8 Å². The smallest absolute Gasteiger partial charge is 0.308 e. The van der Waals surface area contributed by atoms with Gasteiger partial charge in [0.15, 0.2) is 0 Å². The second-order valence-corrected chi connectivity index (χ2v) is 5.57. The van der Waals surface area contributed by atoms with Crippen LogP contribution in [-0.4, -0.2) is 12.3 Å². The molecule has 0 fully saturated rings. The van der Waals surface area contributed by atoms with Crippen molar-refractivity contribution >= 4 is 5.97 Å². The van der Waals surface area contributed by atoms with Gasteiger partial charge >= 0.3 is 5.97 Å². The zero-order valence-electron chi connectivity index (χ0n) is 13.4. The highest BCUT2D eigenvalue weighted by Gasteiger charge is 2.24. The first-order valence-corrected chi connectivity index (χ1v) is 7.55. The van der Waals surface area contributed by atoms with Gasteiger partial charge in [0.2, 0.25) is 6.29 Å². The summed E-state index contributed by atoms with van der Waals surface area (Å²) in [6, 6.07) is 9.76. The Balaban J connectivity index is 2.35. The predicted molar refractivity (Wildman–Crippen MR) is 81.3 cm³/mol. The topological polar surface area (TPSA) is 44.8 Å². The van der Waals surface area contributed by atoms with E-state index in [2.05, 4.69) is 6.92 Å². The van der Waals surface area contributed by atoms with Gasteiger partial charge in [-0.3, -0.25) is 4.79 Å². The molecule has 1 rings (SSSR count). The molecule has 0 saturated carbocycles. The predicted octanol–water partition coefficient (Wildman–Crippen LogP) is 4.34. The second-order valence-electron chi connectivity index (χ2n) is 5.57. The first-order valence-electron chi connectivity index (χ1n) is 7.55. The van der Waals surface area contributed by atoms with Gasteiger partial charge in [-0.15, -0.1) is 0 Å². The van der Waals surface area contributed by atoms with E-state index in [1.54, 1.807) is 6.92 Å². The van der Waals surface area contributed by atoms with Crippen LogP contribution in [0.5, 0.6) is 0 Å². The van der Waals surface area contributed by atoms with E-state index in [9.17, 15) is 4.79 Å². The van der Waals surface area contributed by atoms with Crippen LogP contribution in [0.2, 0.25) is 0 Å². The van der Waals surface area contributed by atoms with E-state index in [1.807, 2.05) is 44.2 Å². The second kappa shape index (κ2) is 8.80. The van der Waals surface area contributed by atoms with Crippen molar-refractivity contribution in [2.75, 3.05) is 0 Å². The van der Waals surface area contributed by atoms with Gasteiger partial charge < -0.3 is 4.74 Å². The first-order chi connectivity index (χ1) is 9.95. The Labute approximate surface area is 127 Å². The number of unbranched alkanes of at least 4 members (excludes halogenated alkanes) is 2. The lowest BCUT2D eigenvalue weighted by atomic mass is 9.99. The normalized spacial score (nSPS) is 13.0. The molecule has 1 aromatic carbocycles. The summed E-state index contributed by atoms with van der Waals surface area (Å²) in [5.74, 6) is -0.253. The molecule has 0 aliphatic rings. The highest BCUT2D eigenvalue weighted by atomic mass is 17.2. The van der Waals surface area contributed by atoms with Gasteiger partial charge in [-0.2, -0.15) is 4.89 Å². The van der Waals surface area contributed by atoms with Crippen LogP contribution in [0.1, 0.15) is 58.9 Å². The monoisotopic (exact) mass is 294 g/mol. The third-order valence-corrected chi connectivity index (χ3v) is 3.14. The van der Waals surface area contributed by atoms with E-state index < -0.39 is 11.9 Å². The summed E-state index contributed by atoms with van der Waals surface area (Å²) in [4.78, 5) is 22.2. The molecule has 4 nitrogen and oxygen atoms in total. The molecule has 0 saturated heterocycles. The Hall–Kier alpha value is -1.39. The number of carbonyl (C=O) groups excluding carboxylic acids is 1. The van der Waals surface area contributed by atoms with Crippen LogP contribution < -0.4 is 0 Å². The summed E-state index contributed by atoms with van der Waals surface area (Å²) < 4.78 is 5.14. The summed E-state index contributed by atoms with van der Waals surface area (Å²) in [7, 11) is 0. The van der Waals surface area contributed by atoms with Crippen molar-refractivity contribution in [1.82, 2.24) is 0 Å². The Morgan fingerprint density at radius 1 is 1.19 bits per heavy atom. The fourth-order valence-corrected chi connectivity index (χ4v) is 1.86. The van der Waals surface area contributed by atoms with E-state index in [1.165, 1.54) is 0 Å². The summed E-state index contributed by atoms with van der Waals surface area (Å²) >= 11 is 0. The number of benzene rings is 1. The molecule has 1 unspecified atom stereocenters. The third-order valence-electron chi connectivity index (χ3n) is 3.14. The average Bonchev–Trinajstić information content (AvgIpc) is 2.46. The summed E-state index contributed by atoms with van der Waals surface area (Å²) in [6.07, 6.45) is 2.65. The van der Waals surface area contributed by atoms with Crippen molar-refractivity contribution in [3.8, 4) is 0 Å². The molecular formula is C17H26O4. The largest absolute Gasteiger partial charge is 0.433 e. The number of ether oxygens (including phenoxy) is 1. The maximum Gasteiger partial charge on any atom is 0.308 e. The molecule has 0 bridgehead atoms. The number of carbonyl (C=O) groups is 1. The number of hydrogen-bond donors (Lipinski definition) is 0. The molecule has 0 spiro atoms. The van der Waals surface area contributed by atoms with Crippen LogP contribution >= 0.6 is 0 Å². The SMILES string of the molecule is CCCCCC(=O)OC(C)OOC(C)(C)c1ccccc1. The standard InChI is InChI=1S/C17H26O4/c1-5-6-8-13-16(18)19-14(2)20-21-17(3,4)15-11-9-7-10-12-15/h7,9-12,14H,5-6,8,13H2,1-4H3. The summed E-state index contributed by atoms with van der Waals surface area (Å²) in [5.41, 5.74) is 0.385. The molecular weight excluding hydrogens is 268 g/mol. The first kappa shape index (κ1) is 17.7. The lowest BCUT2D eigenvalue weighted by Crippen LogP contribution is -2.26. The van der Waals surface area contributed by atoms with Gasteiger partial charge in [0.05, 0.1) is 0 Å². The van der Waals surface area contributed by atoms with E-state index in [0.29, 0.717) is 6.42 Å². The fourth-order valence-electron chi connectivity index (χ4n) is 1.86. The van der Waals surface area contributed by atoms with Crippen LogP contribution in [0, 0.1) is 0 Å². The van der Waals surface area contributed by atoms with Crippen LogP contribution in [0.4, 0.5) is 0 Å². The average molecular weight is 294 g/mol. The van der Waals surface area contributed by atoms with Crippen molar-refractivity contribution in [1.29, 1.82) is 0 Å². The minimum absolute atomic E-state index is 0.253. The molecule has 4 heteroatoms. The van der Waals surface area contributed by atoms with E-state index in [4.69, 9.17) is 14.5 Å². The fraction of sp³-hybridized carbons (Fsp3) is 0.588. The molecule has 1 aromatic rings. The molecule has 21 heavy (non-hydrogen) atoms. The van der Waals surface area contributed by atoms with Gasteiger partial charge in [0.25, 0.3) is 0 Å². The maximum atomic E-state index is 11.6. The Kier molecular flexibility index (Phi) is 7.40. The lowest BCUT2D eigenvalue weighted by molar-refractivity contribution is -0.412. The minimum atomic E-state index is -0.720. The number of rotatable bonds is 9. The molecule has 0 aromatic heterocycles. The molecule has 0 amide bonds. The Bertz CT molecular complexity index is 414. The summed E-state index contributed by atoms with van der Waals surface area (Å²) in [6.45, 7) is 7.55. The van der Waals surface area contributed by atoms with Crippen LogP contribution in [0.3, 0.4) is 0 Å². The van der Waals surface area contributed by atoms with Crippen molar-refractivity contribution in [2.24, 2.45) is 0 Å². The molecule has 0 radical (unpaired) electrons. The van der Waals surface area contributed by atoms with Crippen molar-refractivity contribution in [3.63, 3.8) is 0 Å². The molecule has 118 valence electrons. The molecule has 1 atom stereocenters. The molecule has 0 N–H and O–H groups in total. The Morgan fingerprint density at radius 3 is 2.48 bits per heavy atom. The van der Waals surface area contributed by atoms with Gasteiger partial charge in [0, 0.05) is 13.3 Å². The van der Waals surface area contributed by atoms with Crippen LogP contribution in [-0.2, 0) is 24.9 Å². The zero-order valence-corrected chi connectivity index (χ0v) is 13.4. The highest BCUT2D eigenvalue weighted by Crippen LogP contribution is 2.25. The van der Waals surface area contributed by atoms with E-state index >= 15 is 0 Å². The van der Waals surface area contributed by atoms with Gasteiger partial charge in [-0.1, -0.05) is 50.1 Å². The Morgan fingerprint density at radius 2 is 1.86 bits per heavy atom. The number of hydrogen-bond acceptors (Lipinski definition) is 4. The quantitative estimate of drug-likeness (QED) is 0.223. The van der Waals surface area contributed by atoms with Gasteiger partial charge in [-0.25, -0.2) is 4.89 Å². The van der Waals surface area contributed by atoms with Crippen LogP contribution in [0.25, 0.3) is 0 Å². The van der Waals surface area contributed by atoms with Crippen molar-refractivity contribution in [3.05, 3.63) is 35.9 Å². The van der Waals surface area contributed by atoms with E-state index in [-0.39, 0.29) is 5.97 Å². The zero-order chi connectivity index (χ0) is 15.7.